The maximum atomic E-state index is 14.6. The van der Waals surface area contributed by atoms with E-state index in [0.717, 1.165) is 0 Å². The number of aromatic nitrogens is 2. The number of rotatable bonds is 4. The molecule has 4 rings (SSSR count). The van der Waals surface area contributed by atoms with Crippen LogP contribution in [-0.4, -0.2) is 41.4 Å². The van der Waals surface area contributed by atoms with Crippen LogP contribution in [0.25, 0.3) is 16.8 Å². The van der Waals surface area contributed by atoms with Gasteiger partial charge in [-0.3, -0.25) is 4.79 Å². The Kier molecular flexibility index (Phi) is 4.82. The highest BCUT2D eigenvalue weighted by Crippen LogP contribution is 2.25. The second-order valence-corrected chi connectivity index (χ2v) is 6.94. The number of carbonyl (C=O) groups is 1. The number of halogens is 2. The van der Waals surface area contributed by atoms with Crippen LogP contribution in [0.15, 0.2) is 42.6 Å². The predicted octanol–water partition coefficient (Wildman–Crippen LogP) is 1.97. The van der Waals surface area contributed by atoms with E-state index in [-0.39, 0.29) is 17.9 Å². The molecule has 2 aromatic heterocycles. The summed E-state index contributed by atoms with van der Waals surface area (Å²) in [6, 6.07) is 8.38. The summed E-state index contributed by atoms with van der Waals surface area (Å²) < 4.78 is 34.6. The normalized spacial score (nSPS) is 16.2. The largest absolute Gasteiger partial charge is 0.394 e. The Morgan fingerprint density at radius 2 is 1.93 bits per heavy atom. The Morgan fingerprint density at radius 3 is 2.61 bits per heavy atom. The molecule has 1 aliphatic heterocycles. The minimum absolute atomic E-state index is 0.119. The quantitative estimate of drug-likeness (QED) is 0.598. The van der Waals surface area contributed by atoms with E-state index in [2.05, 4.69) is 10.3 Å². The Hall–Kier alpha value is -2.84. The molecule has 0 bridgehead atoms. The lowest BCUT2D eigenvalue weighted by molar-refractivity contribution is -0.515. The molecule has 1 saturated heterocycles. The highest BCUT2D eigenvalue weighted by Gasteiger charge is 2.37. The number of aliphatic hydroxyl groups excluding tert-OH is 1. The molecule has 1 aliphatic rings. The van der Waals surface area contributed by atoms with Gasteiger partial charge in [0.2, 0.25) is 5.52 Å². The van der Waals surface area contributed by atoms with Gasteiger partial charge in [-0.25, -0.2) is 13.8 Å². The summed E-state index contributed by atoms with van der Waals surface area (Å²) in [6.07, 6.45) is 2.54. The minimum atomic E-state index is -0.781. The molecule has 1 aromatic carbocycles. The number of H-pyrrole nitrogens is 1. The van der Waals surface area contributed by atoms with Crippen molar-refractivity contribution in [1.82, 2.24) is 10.3 Å². The number of nitrogens with zero attached hydrogens (tertiary/aromatic N) is 1. The first-order valence-electron chi connectivity index (χ1n) is 9.02. The van der Waals surface area contributed by atoms with Crippen molar-refractivity contribution < 1.29 is 27.8 Å². The number of imidazole rings is 1. The molecular weight excluding hydrogens is 368 g/mol. The predicted molar refractivity (Wildman–Crippen MR) is 96.6 cm³/mol. The summed E-state index contributed by atoms with van der Waals surface area (Å²) in [5, 5.41) is 12.7. The van der Waals surface area contributed by atoms with Crippen molar-refractivity contribution in [1.29, 1.82) is 0 Å². The van der Waals surface area contributed by atoms with E-state index in [9.17, 15) is 18.7 Å². The van der Waals surface area contributed by atoms with Gasteiger partial charge in [-0.15, -0.1) is 0 Å². The highest BCUT2D eigenvalue weighted by atomic mass is 19.1. The lowest BCUT2D eigenvalue weighted by Crippen LogP contribution is -2.55. The first-order valence-corrected chi connectivity index (χ1v) is 9.02. The topological polar surface area (TPSA) is 78.4 Å². The van der Waals surface area contributed by atoms with Crippen LogP contribution in [0.2, 0.25) is 0 Å². The number of hydrogen-bond donors (Lipinski definition) is 3. The highest BCUT2D eigenvalue weighted by molar-refractivity contribution is 5.92. The molecule has 0 atom stereocenters. The fourth-order valence-electron chi connectivity index (χ4n) is 3.52. The number of ether oxygens (including phenoxy) is 1. The molecule has 3 heterocycles. The van der Waals surface area contributed by atoms with Gasteiger partial charge < -0.3 is 15.2 Å². The first-order chi connectivity index (χ1) is 13.5. The zero-order chi connectivity index (χ0) is 19.7. The molecule has 3 N–H and O–H groups in total. The monoisotopic (exact) mass is 388 g/mol. The van der Waals surface area contributed by atoms with Crippen LogP contribution in [0.5, 0.6) is 0 Å². The summed E-state index contributed by atoms with van der Waals surface area (Å²) in [5.74, 6) is -1.27. The van der Waals surface area contributed by atoms with Gasteiger partial charge in [0.1, 0.15) is 5.82 Å². The minimum Gasteiger partial charge on any atom is -0.394 e. The number of hydrogen-bond acceptors (Lipinski definition) is 3. The maximum absolute atomic E-state index is 14.6. The van der Waals surface area contributed by atoms with E-state index in [1.165, 1.54) is 40.8 Å². The van der Waals surface area contributed by atoms with Crippen molar-refractivity contribution in [2.45, 2.75) is 18.4 Å². The Balaban J connectivity index is 1.78. The van der Waals surface area contributed by atoms with Crippen LogP contribution >= 0.6 is 0 Å². The van der Waals surface area contributed by atoms with Crippen LogP contribution in [0, 0.1) is 11.6 Å². The van der Waals surface area contributed by atoms with Crippen molar-refractivity contribution in [3.63, 3.8) is 0 Å². The third-order valence-electron chi connectivity index (χ3n) is 5.15. The van der Waals surface area contributed by atoms with Gasteiger partial charge in [0.25, 0.3) is 0 Å². The number of carbonyl (C=O) groups excluding carboxylic acids is 1. The number of nitrogens with one attached hydrogen (secondary N) is 2. The van der Waals surface area contributed by atoms with Crippen LogP contribution in [0.4, 0.5) is 8.78 Å². The van der Waals surface area contributed by atoms with Gasteiger partial charge >= 0.3 is 11.7 Å². The van der Waals surface area contributed by atoms with Gasteiger partial charge in [-0.05, 0) is 49.2 Å². The second-order valence-electron chi connectivity index (χ2n) is 6.94. The third kappa shape index (κ3) is 3.25. The average molecular weight is 388 g/mol. The number of amides is 1. The summed E-state index contributed by atoms with van der Waals surface area (Å²) >= 11 is 0. The summed E-state index contributed by atoms with van der Waals surface area (Å²) in [7, 11) is 0. The van der Waals surface area contributed by atoms with Gasteiger partial charge in [-0.1, -0.05) is 0 Å². The molecule has 1 fully saturated rings. The van der Waals surface area contributed by atoms with Crippen LogP contribution in [0.1, 0.15) is 23.5 Å². The van der Waals surface area contributed by atoms with E-state index in [1.807, 2.05) is 0 Å². The first kappa shape index (κ1) is 18.5. The van der Waals surface area contributed by atoms with E-state index < -0.39 is 23.1 Å². The van der Waals surface area contributed by atoms with Gasteiger partial charge in [0, 0.05) is 18.8 Å². The van der Waals surface area contributed by atoms with Gasteiger partial charge in [0.05, 0.1) is 18.3 Å². The number of aromatic amines is 1. The van der Waals surface area contributed by atoms with E-state index in [0.29, 0.717) is 37.3 Å². The van der Waals surface area contributed by atoms with Crippen LogP contribution in [0.3, 0.4) is 0 Å². The van der Waals surface area contributed by atoms with Crippen LogP contribution < -0.4 is 9.72 Å². The molecular formula is C20H20F2N3O3+. The average Bonchev–Trinajstić information content (AvgIpc) is 3.10. The molecule has 8 heteroatoms. The van der Waals surface area contributed by atoms with Crippen LogP contribution in [-0.2, 0) is 4.74 Å². The molecule has 28 heavy (non-hydrogen) atoms. The molecule has 0 radical (unpaired) electrons. The zero-order valence-electron chi connectivity index (χ0n) is 15.0. The number of benzene rings is 1. The van der Waals surface area contributed by atoms with E-state index in [1.54, 1.807) is 6.20 Å². The molecule has 146 valence electrons. The second kappa shape index (κ2) is 7.29. The third-order valence-corrected chi connectivity index (χ3v) is 5.15. The Labute approximate surface area is 159 Å². The van der Waals surface area contributed by atoms with Crippen molar-refractivity contribution >= 4 is 11.4 Å². The van der Waals surface area contributed by atoms with Crippen molar-refractivity contribution in [2.75, 3.05) is 19.8 Å². The number of fused-ring (bicyclic) bond motifs is 1. The van der Waals surface area contributed by atoms with Gasteiger partial charge in [0.15, 0.2) is 11.5 Å². The molecule has 6 nitrogen and oxygen atoms in total. The summed E-state index contributed by atoms with van der Waals surface area (Å²) in [6.45, 7) is 0.661. The molecule has 0 spiro atoms. The molecule has 0 saturated carbocycles. The molecule has 3 aromatic rings. The number of pyridine rings is 1. The summed E-state index contributed by atoms with van der Waals surface area (Å²) in [4.78, 5) is 16.0. The fourth-order valence-corrected chi connectivity index (χ4v) is 3.52. The smallest absolute Gasteiger partial charge is 0.351 e. The van der Waals surface area contributed by atoms with E-state index >= 15 is 0 Å². The van der Waals surface area contributed by atoms with Crippen molar-refractivity contribution in [3.8, 4) is 11.3 Å². The lowest BCUT2D eigenvalue weighted by Gasteiger charge is -2.35. The molecule has 0 unspecified atom stereocenters. The van der Waals surface area contributed by atoms with Crippen molar-refractivity contribution in [2.24, 2.45) is 0 Å². The van der Waals surface area contributed by atoms with E-state index in [4.69, 9.17) is 4.74 Å². The molecule has 0 aliphatic carbocycles. The zero-order valence-corrected chi connectivity index (χ0v) is 15.0. The SMILES string of the molecule is O=C(NC1(CO)CCOCC1)c1[nH]c(-c2ccc(F)cc2)c2c(F)ccc[n+]12. The summed E-state index contributed by atoms with van der Waals surface area (Å²) in [5.41, 5.74) is 0.319. The standard InChI is InChI=1S/C20H19F2N3O3/c21-14-5-3-13(4-6-14)16-17-15(22)2-1-9-25(17)18(23-16)19(27)24-20(12-26)7-10-28-11-8-20/h1-6,9,26H,7-8,10-12H2,(H,24,27)/p+1. The molecule has 1 amide bonds. The number of aliphatic hydroxyl groups is 1. The van der Waals surface area contributed by atoms with Gasteiger partial charge in [-0.2, -0.15) is 4.40 Å². The Bertz CT molecular complexity index is 1010. The Morgan fingerprint density at radius 1 is 1.21 bits per heavy atom. The maximum Gasteiger partial charge on any atom is 0.351 e. The fraction of sp³-hybridized carbons (Fsp3) is 0.300. The lowest BCUT2D eigenvalue weighted by atomic mass is 9.91. The van der Waals surface area contributed by atoms with Crippen molar-refractivity contribution in [3.05, 3.63) is 60.1 Å².